The van der Waals surface area contributed by atoms with Crippen LogP contribution in [0.3, 0.4) is 0 Å². The fraction of sp³-hybridized carbons (Fsp3) is 0.417. The highest BCUT2D eigenvalue weighted by molar-refractivity contribution is 6.00. The first-order valence-corrected chi connectivity index (χ1v) is 5.83. The minimum Gasteiger partial charge on any atom is -0.393 e. The normalized spacial score (nSPS) is 11.9. The summed E-state index contributed by atoms with van der Waals surface area (Å²) in [6.07, 6.45) is 0.662. The summed E-state index contributed by atoms with van der Waals surface area (Å²) in [5, 5.41) is 13.6. The molecule has 7 nitrogen and oxygen atoms in total. The van der Waals surface area contributed by atoms with Crippen LogP contribution in [-0.4, -0.2) is 30.6 Å². The quantitative estimate of drug-likeness (QED) is 0.459. The molecule has 0 aromatic heterocycles. The van der Waals surface area contributed by atoms with Crippen molar-refractivity contribution in [1.29, 1.82) is 0 Å². The number of anilines is 1. The van der Waals surface area contributed by atoms with Crippen molar-refractivity contribution >= 4 is 17.3 Å². The molecule has 0 aliphatic rings. The molecule has 0 heterocycles. The number of hydrogen-bond acceptors (Lipinski definition) is 5. The van der Waals surface area contributed by atoms with Crippen LogP contribution in [0.4, 0.5) is 11.4 Å². The molecule has 0 saturated carbocycles. The molecule has 1 unspecified atom stereocenters. The third-order valence-corrected chi connectivity index (χ3v) is 2.69. The van der Waals surface area contributed by atoms with Crippen LogP contribution in [-0.2, 0) is 4.74 Å². The van der Waals surface area contributed by atoms with Crippen molar-refractivity contribution < 1.29 is 14.5 Å². The lowest BCUT2D eigenvalue weighted by Gasteiger charge is -2.16. The van der Waals surface area contributed by atoms with Crippen molar-refractivity contribution in [2.24, 2.45) is 0 Å². The molecule has 1 aromatic carbocycles. The molecule has 0 aliphatic heterocycles. The highest BCUT2D eigenvalue weighted by Gasteiger charge is 2.24. The van der Waals surface area contributed by atoms with Gasteiger partial charge in [0.05, 0.1) is 17.6 Å². The number of ether oxygens (including phenoxy) is 1. The summed E-state index contributed by atoms with van der Waals surface area (Å²) in [4.78, 5) is 22.3. The third kappa shape index (κ3) is 3.65. The van der Waals surface area contributed by atoms with Gasteiger partial charge in [0.1, 0.15) is 11.3 Å². The summed E-state index contributed by atoms with van der Waals surface area (Å²) in [6, 6.07) is 4.08. The molecule has 0 fully saturated rings. The molecule has 0 spiro atoms. The lowest BCUT2D eigenvalue weighted by Crippen LogP contribution is -2.37. The molecule has 0 aliphatic carbocycles. The van der Waals surface area contributed by atoms with E-state index in [0.717, 1.165) is 0 Å². The zero-order valence-electron chi connectivity index (χ0n) is 10.9. The summed E-state index contributed by atoms with van der Waals surface area (Å²) < 4.78 is 4.96. The second-order valence-corrected chi connectivity index (χ2v) is 4.03. The van der Waals surface area contributed by atoms with Crippen molar-refractivity contribution in [2.45, 2.75) is 19.4 Å². The zero-order valence-corrected chi connectivity index (χ0v) is 10.9. The van der Waals surface area contributed by atoms with Crippen LogP contribution in [0, 0.1) is 10.1 Å². The number of nitrogens with two attached hydrogens (primary N) is 1. The summed E-state index contributed by atoms with van der Waals surface area (Å²) in [5.41, 5.74) is 5.10. The smallest absolute Gasteiger partial charge is 0.304 e. The lowest BCUT2D eigenvalue weighted by atomic mass is 10.1. The number of methoxy groups -OCH3 is 1. The Bertz CT molecular complexity index is 476. The summed E-state index contributed by atoms with van der Waals surface area (Å²) in [7, 11) is 1.53. The molecule has 1 rings (SSSR count). The molecular formula is C12H17N3O4. The standard InChI is InChI=1S/C12H17N3O4/c1-3-8(7-19-2)14-12(16)9-5-4-6-10(13)11(9)15(17)18/h4-6,8H,3,7,13H2,1-2H3,(H,14,16). The van der Waals surface area contributed by atoms with Gasteiger partial charge in [-0.25, -0.2) is 0 Å². The van der Waals surface area contributed by atoms with Crippen molar-refractivity contribution in [3.8, 4) is 0 Å². The number of nitro groups is 1. The van der Waals surface area contributed by atoms with Gasteiger partial charge in [0.15, 0.2) is 0 Å². The van der Waals surface area contributed by atoms with Gasteiger partial charge in [0, 0.05) is 7.11 Å². The maximum atomic E-state index is 12.0. The van der Waals surface area contributed by atoms with Gasteiger partial charge in [-0.15, -0.1) is 0 Å². The largest absolute Gasteiger partial charge is 0.393 e. The van der Waals surface area contributed by atoms with E-state index in [-0.39, 0.29) is 23.0 Å². The van der Waals surface area contributed by atoms with E-state index in [1.807, 2.05) is 6.92 Å². The van der Waals surface area contributed by atoms with Crippen LogP contribution < -0.4 is 11.1 Å². The number of rotatable bonds is 6. The average Bonchev–Trinajstić information content (AvgIpc) is 2.37. The van der Waals surface area contributed by atoms with Crippen molar-refractivity contribution in [2.75, 3.05) is 19.5 Å². The topological polar surface area (TPSA) is 107 Å². The average molecular weight is 267 g/mol. The molecule has 3 N–H and O–H groups in total. The van der Waals surface area contributed by atoms with Crippen LogP contribution in [0.5, 0.6) is 0 Å². The second kappa shape index (κ2) is 6.69. The number of para-hydroxylation sites is 1. The first-order valence-electron chi connectivity index (χ1n) is 5.83. The van der Waals surface area contributed by atoms with Gasteiger partial charge < -0.3 is 15.8 Å². The summed E-state index contributed by atoms with van der Waals surface area (Å²) in [6.45, 7) is 2.23. The fourth-order valence-electron chi connectivity index (χ4n) is 1.67. The van der Waals surface area contributed by atoms with E-state index in [1.165, 1.54) is 25.3 Å². The van der Waals surface area contributed by atoms with E-state index in [2.05, 4.69) is 5.32 Å². The summed E-state index contributed by atoms with van der Waals surface area (Å²) in [5.74, 6) is -0.525. The Morgan fingerprint density at radius 1 is 1.58 bits per heavy atom. The Balaban J connectivity index is 3.00. The molecule has 1 atom stereocenters. The molecule has 7 heteroatoms. The molecule has 0 bridgehead atoms. The number of amides is 1. The highest BCUT2D eigenvalue weighted by Crippen LogP contribution is 2.25. The Morgan fingerprint density at radius 2 is 2.26 bits per heavy atom. The number of benzene rings is 1. The monoisotopic (exact) mass is 267 g/mol. The van der Waals surface area contributed by atoms with Crippen molar-refractivity contribution in [1.82, 2.24) is 5.32 Å². The van der Waals surface area contributed by atoms with Crippen LogP contribution in [0.15, 0.2) is 18.2 Å². The maximum absolute atomic E-state index is 12.0. The summed E-state index contributed by atoms with van der Waals surface area (Å²) >= 11 is 0. The fourth-order valence-corrected chi connectivity index (χ4v) is 1.67. The Kier molecular flexibility index (Phi) is 5.25. The van der Waals surface area contributed by atoms with Gasteiger partial charge in [-0.3, -0.25) is 14.9 Å². The molecule has 104 valence electrons. The molecule has 0 radical (unpaired) electrons. The minimum absolute atomic E-state index is 0.0301. The first-order chi connectivity index (χ1) is 9.01. The number of nitrogen functional groups attached to an aromatic ring is 1. The number of carbonyl (C=O) groups excluding carboxylic acids is 1. The van der Waals surface area contributed by atoms with Gasteiger partial charge in [-0.1, -0.05) is 13.0 Å². The van der Waals surface area contributed by atoms with Gasteiger partial charge >= 0.3 is 5.69 Å². The van der Waals surface area contributed by atoms with Crippen molar-refractivity contribution in [3.05, 3.63) is 33.9 Å². The van der Waals surface area contributed by atoms with Gasteiger partial charge in [0.2, 0.25) is 0 Å². The predicted octanol–water partition coefficient (Wildman–Crippen LogP) is 1.33. The third-order valence-electron chi connectivity index (χ3n) is 2.69. The van der Waals surface area contributed by atoms with E-state index in [4.69, 9.17) is 10.5 Å². The SMILES string of the molecule is CCC(COC)NC(=O)c1cccc(N)c1[N+](=O)[O-]. The minimum atomic E-state index is -0.651. The van der Waals surface area contributed by atoms with E-state index in [0.29, 0.717) is 13.0 Å². The molecule has 1 aromatic rings. The van der Waals surface area contributed by atoms with E-state index < -0.39 is 10.8 Å². The highest BCUT2D eigenvalue weighted by atomic mass is 16.6. The Labute approximate surface area is 110 Å². The number of hydrogen-bond donors (Lipinski definition) is 2. The van der Waals surface area contributed by atoms with Crippen LogP contribution in [0.1, 0.15) is 23.7 Å². The zero-order chi connectivity index (χ0) is 14.4. The van der Waals surface area contributed by atoms with Crippen LogP contribution in [0.25, 0.3) is 0 Å². The van der Waals surface area contributed by atoms with E-state index in [9.17, 15) is 14.9 Å². The number of nitrogens with zero attached hydrogens (tertiary/aromatic N) is 1. The van der Waals surface area contributed by atoms with Gasteiger partial charge in [0.25, 0.3) is 5.91 Å². The number of nitro benzene ring substituents is 1. The number of nitrogens with one attached hydrogen (secondary N) is 1. The van der Waals surface area contributed by atoms with Crippen LogP contribution in [0.2, 0.25) is 0 Å². The molecule has 0 saturated heterocycles. The first kappa shape index (κ1) is 14.9. The lowest BCUT2D eigenvalue weighted by molar-refractivity contribution is -0.384. The van der Waals surface area contributed by atoms with Gasteiger partial charge in [-0.05, 0) is 18.6 Å². The Morgan fingerprint density at radius 3 is 2.79 bits per heavy atom. The maximum Gasteiger partial charge on any atom is 0.304 e. The van der Waals surface area contributed by atoms with E-state index in [1.54, 1.807) is 0 Å². The van der Waals surface area contributed by atoms with Crippen LogP contribution >= 0.6 is 0 Å². The second-order valence-electron chi connectivity index (χ2n) is 4.03. The van der Waals surface area contributed by atoms with Gasteiger partial charge in [-0.2, -0.15) is 0 Å². The Hall–Kier alpha value is -2.15. The van der Waals surface area contributed by atoms with Crippen molar-refractivity contribution in [3.63, 3.8) is 0 Å². The predicted molar refractivity (Wildman–Crippen MR) is 70.9 cm³/mol. The van der Waals surface area contributed by atoms with E-state index >= 15 is 0 Å². The molecular weight excluding hydrogens is 250 g/mol. The molecule has 1 amide bonds. The number of carbonyl (C=O) groups is 1. The molecule has 19 heavy (non-hydrogen) atoms.